The summed E-state index contributed by atoms with van der Waals surface area (Å²) in [5.74, 6) is -2.30. The van der Waals surface area contributed by atoms with Gasteiger partial charge in [0.1, 0.15) is 0 Å². The highest BCUT2D eigenvalue weighted by atomic mass is 35.5. The summed E-state index contributed by atoms with van der Waals surface area (Å²) < 4.78 is 39.3. The van der Waals surface area contributed by atoms with Gasteiger partial charge in [0.05, 0.1) is 17.9 Å². The third-order valence-corrected chi connectivity index (χ3v) is 3.84. The molecule has 5 nitrogen and oxygen atoms in total. The van der Waals surface area contributed by atoms with Gasteiger partial charge < -0.3 is 15.3 Å². The van der Waals surface area contributed by atoms with Gasteiger partial charge in [-0.2, -0.15) is 13.2 Å². The fraction of sp³-hybridized carbons (Fsp3) is 0.222. The lowest BCUT2D eigenvalue weighted by Crippen LogP contribution is -2.41. The number of aliphatic hydroxyl groups is 1. The molecular formula is C18H16ClF3N2O3. The van der Waals surface area contributed by atoms with E-state index in [9.17, 15) is 22.8 Å². The van der Waals surface area contributed by atoms with Crippen LogP contribution in [0.25, 0.3) is 0 Å². The van der Waals surface area contributed by atoms with Crippen molar-refractivity contribution in [2.45, 2.75) is 12.7 Å². The number of carbonyl (C=O) groups excluding carboxylic acids is 2. The molecule has 0 aliphatic rings. The molecule has 144 valence electrons. The Morgan fingerprint density at radius 3 is 2.37 bits per heavy atom. The summed E-state index contributed by atoms with van der Waals surface area (Å²) in [6.45, 7) is -0.519. The highest BCUT2D eigenvalue weighted by molar-refractivity contribution is 6.39. The number of hydrogen-bond donors (Lipinski definition) is 2. The third kappa shape index (κ3) is 5.70. The molecule has 0 aromatic heterocycles. The fourth-order valence-corrected chi connectivity index (χ4v) is 2.53. The lowest BCUT2D eigenvalue weighted by Gasteiger charge is -2.22. The van der Waals surface area contributed by atoms with E-state index in [1.165, 1.54) is 6.07 Å². The van der Waals surface area contributed by atoms with E-state index in [1.54, 1.807) is 30.3 Å². The molecule has 0 saturated heterocycles. The maximum atomic E-state index is 13.1. The molecule has 0 fully saturated rings. The number of benzene rings is 2. The van der Waals surface area contributed by atoms with E-state index in [2.05, 4.69) is 0 Å². The average molecular weight is 401 g/mol. The van der Waals surface area contributed by atoms with Gasteiger partial charge in [0, 0.05) is 18.1 Å². The lowest BCUT2D eigenvalue weighted by molar-refractivity contribution is -0.144. The number of carbonyl (C=O) groups is 2. The Labute approximate surface area is 158 Å². The first kappa shape index (κ1) is 20.7. The second kappa shape index (κ2) is 8.88. The van der Waals surface area contributed by atoms with E-state index in [-0.39, 0.29) is 18.1 Å². The molecule has 0 saturated carbocycles. The van der Waals surface area contributed by atoms with Crippen molar-refractivity contribution in [3.63, 3.8) is 0 Å². The van der Waals surface area contributed by atoms with Gasteiger partial charge in [-0.15, -0.1) is 0 Å². The lowest BCUT2D eigenvalue weighted by atomic mass is 10.1. The van der Waals surface area contributed by atoms with Crippen molar-refractivity contribution in [1.29, 1.82) is 0 Å². The van der Waals surface area contributed by atoms with Crippen LogP contribution in [-0.2, 0) is 22.3 Å². The molecule has 0 aliphatic heterocycles. The Morgan fingerprint density at radius 2 is 1.78 bits per heavy atom. The zero-order chi connectivity index (χ0) is 20.0. The summed E-state index contributed by atoms with van der Waals surface area (Å²) >= 11 is 5.59. The van der Waals surface area contributed by atoms with Crippen LogP contribution in [-0.4, -0.2) is 35.0 Å². The highest BCUT2D eigenvalue weighted by Gasteiger charge is 2.35. The van der Waals surface area contributed by atoms with Gasteiger partial charge in [-0.1, -0.05) is 41.9 Å². The summed E-state index contributed by atoms with van der Waals surface area (Å²) in [6.07, 6.45) is -4.76. The van der Waals surface area contributed by atoms with Gasteiger partial charge in [0.2, 0.25) is 0 Å². The van der Waals surface area contributed by atoms with Crippen LogP contribution in [0.1, 0.15) is 11.1 Å². The van der Waals surface area contributed by atoms with Crippen molar-refractivity contribution < 1.29 is 27.9 Å². The zero-order valence-electron chi connectivity index (χ0n) is 14.0. The van der Waals surface area contributed by atoms with E-state index in [0.29, 0.717) is 11.6 Å². The topological polar surface area (TPSA) is 69.6 Å². The van der Waals surface area contributed by atoms with Crippen LogP contribution in [0.2, 0.25) is 5.02 Å². The van der Waals surface area contributed by atoms with E-state index in [0.717, 1.165) is 11.0 Å². The Bertz CT molecular complexity index is 813. The second-order valence-corrected chi connectivity index (χ2v) is 6.01. The number of nitrogens with zero attached hydrogens (tertiary/aromatic N) is 1. The van der Waals surface area contributed by atoms with E-state index in [1.807, 2.05) is 5.32 Å². The molecule has 9 heteroatoms. The van der Waals surface area contributed by atoms with Crippen LogP contribution in [0.5, 0.6) is 0 Å². The van der Waals surface area contributed by atoms with Crippen molar-refractivity contribution in [1.82, 2.24) is 4.90 Å². The SMILES string of the molecule is O=C(Nc1ccc(Cl)cc1C(F)(F)F)C(=O)N(CCO)Cc1ccccc1. The third-order valence-electron chi connectivity index (χ3n) is 3.60. The van der Waals surface area contributed by atoms with Gasteiger partial charge >= 0.3 is 18.0 Å². The van der Waals surface area contributed by atoms with Crippen LogP contribution in [0.4, 0.5) is 18.9 Å². The fourth-order valence-electron chi connectivity index (χ4n) is 2.36. The molecule has 27 heavy (non-hydrogen) atoms. The van der Waals surface area contributed by atoms with Crippen LogP contribution < -0.4 is 5.32 Å². The van der Waals surface area contributed by atoms with E-state index >= 15 is 0 Å². The van der Waals surface area contributed by atoms with Crippen molar-refractivity contribution in [2.24, 2.45) is 0 Å². The molecule has 0 bridgehead atoms. The summed E-state index contributed by atoms with van der Waals surface area (Å²) in [5.41, 5.74) is -1.03. The smallest absolute Gasteiger partial charge is 0.395 e. The van der Waals surface area contributed by atoms with Gasteiger partial charge in [-0.05, 0) is 23.8 Å². The first-order valence-corrected chi connectivity index (χ1v) is 8.22. The molecule has 0 radical (unpaired) electrons. The number of nitrogens with one attached hydrogen (secondary N) is 1. The number of alkyl halides is 3. The molecule has 0 aliphatic carbocycles. The molecule has 0 unspecified atom stereocenters. The number of halogens is 4. The minimum Gasteiger partial charge on any atom is -0.395 e. The van der Waals surface area contributed by atoms with Gasteiger partial charge in [-0.25, -0.2) is 0 Å². The molecule has 0 atom stereocenters. The first-order chi connectivity index (χ1) is 12.7. The molecule has 2 aromatic carbocycles. The maximum Gasteiger partial charge on any atom is 0.418 e. The van der Waals surface area contributed by atoms with Crippen LogP contribution in [0, 0.1) is 0 Å². The predicted molar refractivity (Wildman–Crippen MR) is 94.0 cm³/mol. The Kier molecular flexibility index (Phi) is 6.81. The number of amides is 2. The quantitative estimate of drug-likeness (QED) is 0.756. The minimum absolute atomic E-state index is 0.0282. The molecule has 2 amide bonds. The minimum atomic E-state index is -4.76. The monoisotopic (exact) mass is 400 g/mol. The molecule has 2 N–H and O–H groups in total. The average Bonchev–Trinajstić information content (AvgIpc) is 2.62. The standard InChI is InChI=1S/C18H16ClF3N2O3/c19-13-6-7-15(14(10-13)18(20,21)22)23-16(26)17(27)24(8-9-25)11-12-4-2-1-3-5-12/h1-7,10,25H,8-9,11H2,(H,23,26). The number of hydrogen-bond acceptors (Lipinski definition) is 3. The van der Waals surface area contributed by atoms with Crippen LogP contribution in [0.15, 0.2) is 48.5 Å². The van der Waals surface area contributed by atoms with Gasteiger partial charge in [0.25, 0.3) is 0 Å². The summed E-state index contributed by atoms with van der Waals surface area (Å²) in [4.78, 5) is 25.6. The largest absolute Gasteiger partial charge is 0.418 e. The first-order valence-electron chi connectivity index (χ1n) is 7.84. The number of anilines is 1. The van der Waals surface area contributed by atoms with Crippen molar-refractivity contribution in [2.75, 3.05) is 18.5 Å². The summed E-state index contributed by atoms with van der Waals surface area (Å²) in [5, 5.41) is 11.0. The van der Waals surface area contributed by atoms with Crippen molar-refractivity contribution in [3.05, 3.63) is 64.7 Å². The Balaban J connectivity index is 2.19. The molecule has 0 heterocycles. The number of aliphatic hydroxyl groups excluding tert-OH is 1. The second-order valence-electron chi connectivity index (χ2n) is 5.58. The Morgan fingerprint density at radius 1 is 1.11 bits per heavy atom. The Hall–Kier alpha value is -2.58. The van der Waals surface area contributed by atoms with E-state index in [4.69, 9.17) is 16.7 Å². The van der Waals surface area contributed by atoms with Gasteiger partial charge in [0.15, 0.2) is 0 Å². The van der Waals surface area contributed by atoms with Crippen LogP contribution in [0.3, 0.4) is 0 Å². The zero-order valence-corrected chi connectivity index (χ0v) is 14.7. The summed E-state index contributed by atoms with van der Waals surface area (Å²) in [6, 6.07) is 11.5. The van der Waals surface area contributed by atoms with Crippen molar-refractivity contribution in [3.8, 4) is 0 Å². The molecular weight excluding hydrogens is 385 g/mol. The normalized spacial score (nSPS) is 11.1. The predicted octanol–water partition coefficient (Wildman–Crippen LogP) is 3.32. The molecule has 2 rings (SSSR count). The van der Waals surface area contributed by atoms with Gasteiger partial charge in [-0.3, -0.25) is 9.59 Å². The highest BCUT2D eigenvalue weighted by Crippen LogP contribution is 2.36. The number of rotatable bonds is 5. The van der Waals surface area contributed by atoms with E-state index < -0.39 is 35.8 Å². The maximum absolute atomic E-state index is 13.1. The van der Waals surface area contributed by atoms with Crippen LogP contribution >= 0.6 is 11.6 Å². The molecule has 0 spiro atoms. The van der Waals surface area contributed by atoms with Crippen molar-refractivity contribution >= 4 is 29.1 Å². The molecule has 2 aromatic rings. The summed E-state index contributed by atoms with van der Waals surface area (Å²) in [7, 11) is 0.